The van der Waals surface area contributed by atoms with Crippen molar-refractivity contribution < 1.29 is 24.1 Å². The van der Waals surface area contributed by atoms with Crippen molar-refractivity contribution in [2.75, 3.05) is 66.7 Å². The number of carbonyl (C=O) groups is 1. The first-order valence-electron chi connectivity index (χ1n) is 11.4. The van der Waals surface area contributed by atoms with Crippen molar-refractivity contribution in [2.24, 2.45) is 10.9 Å². The van der Waals surface area contributed by atoms with Crippen LogP contribution < -0.4 is 14.8 Å². The van der Waals surface area contributed by atoms with E-state index in [1.807, 2.05) is 11.8 Å². The first-order chi connectivity index (χ1) is 15.5. The first-order valence-corrected chi connectivity index (χ1v) is 11.4. The van der Waals surface area contributed by atoms with Crippen LogP contribution in [0.5, 0.6) is 11.5 Å². The second kappa shape index (κ2) is 11.9. The Kier molecular flexibility index (Phi) is 8.99. The fourth-order valence-electron chi connectivity index (χ4n) is 4.11. The van der Waals surface area contributed by atoms with Crippen LogP contribution >= 0.6 is 0 Å². The van der Waals surface area contributed by atoms with Gasteiger partial charge in [-0.3, -0.25) is 9.79 Å². The topological polar surface area (TPSA) is 95.9 Å². The van der Waals surface area contributed by atoms with Crippen LogP contribution in [0.4, 0.5) is 0 Å². The summed E-state index contributed by atoms with van der Waals surface area (Å²) >= 11 is 0. The lowest BCUT2D eigenvalue weighted by atomic mass is 9.95. The summed E-state index contributed by atoms with van der Waals surface area (Å²) in [6.07, 6.45) is 0.819. The molecule has 1 aromatic rings. The third-order valence-electron chi connectivity index (χ3n) is 5.97. The number of guanidine groups is 1. The van der Waals surface area contributed by atoms with Gasteiger partial charge in [0.2, 0.25) is 5.91 Å². The molecule has 9 nitrogen and oxygen atoms in total. The number of aliphatic hydroxyl groups is 1. The van der Waals surface area contributed by atoms with Gasteiger partial charge in [-0.2, -0.15) is 0 Å². The van der Waals surface area contributed by atoms with Crippen molar-refractivity contribution in [1.29, 1.82) is 0 Å². The summed E-state index contributed by atoms with van der Waals surface area (Å²) in [5, 5.41) is 14.0. The predicted molar refractivity (Wildman–Crippen MR) is 122 cm³/mol. The fraction of sp³-hybridized carbons (Fsp3) is 0.652. The van der Waals surface area contributed by atoms with E-state index >= 15 is 0 Å². The van der Waals surface area contributed by atoms with Crippen molar-refractivity contribution >= 4 is 11.9 Å². The van der Waals surface area contributed by atoms with E-state index in [1.54, 1.807) is 32.4 Å². The number of nitrogens with one attached hydrogen (secondary N) is 1. The third kappa shape index (κ3) is 6.26. The van der Waals surface area contributed by atoms with E-state index in [9.17, 15) is 9.90 Å². The minimum Gasteiger partial charge on any atom is -0.497 e. The van der Waals surface area contributed by atoms with Gasteiger partial charge in [0.25, 0.3) is 0 Å². The summed E-state index contributed by atoms with van der Waals surface area (Å²) < 4.78 is 15.9. The molecule has 2 aliphatic rings. The van der Waals surface area contributed by atoms with Gasteiger partial charge < -0.3 is 34.4 Å². The molecule has 2 aliphatic heterocycles. The summed E-state index contributed by atoms with van der Waals surface area (Å²) in [6.45, 7) is 7.12. The number of hydrogen-bond donors (Lipinski definition) is 2. The van der Waals surface area contributed by atoms with E-state index in [2.05, 4.69) is 15.2 Å². The van der Waals surface area contributed by atoms with Crippen molar-refractivity contribution in [2.45, 2.75) is 25.9 Å². The zero-order valence-electron chi connectivity index (χ0n) is 19.4. The van der Waals surface area contributed by atoms with Crippen LogP contribution in [-0.2, 0) is 9.53 Å². The molecule has 0 bridgehead atoms. The number of amides is 1. The zero-order chi connectivity index (χ0) is 22.9. The third-order valence-corrected chi connectivity index (χ3v) is 5.97. The smallest absolute Gasteiger partial charge is 0.225 e. The highest BCUT2D eigenvalue weighted by Crippen LogP contribution is 2.27. The van der Waals surface area contributed by atoms with Crippen LogP contribution in [0.2, 0.25) is 0 Å². The summed E-state index contributed by atoms with van der Waals surface area (Å²) in [6, 6.07) is 5.35. The molecule has 1 unspecified atom stereocenters. The van der Waals surface area contributed by atoms with Crippen LogP contribution in [0.1, 0.15) is 31.4 Å². The van der Waals surface area contributed by atoms with Gasteiger partial charge in [-0.25, -0.2) is 0 Å². The average Bonchev–Trinajstić information content (AvgIpc) is 2.86. The molecule has 0 aromatic heterocycles. The molecule has 32 heavy (non-hydrogen) atoms. The Morgan fingerprint density at radius 2 is 1.75 bits per heavy atom. The molecular formula is C23H36N4O5. The maximum atomic E-state index is 12.8. The molecule has 0 radical (unpaired) electrons. The average molecular weight is 449 g/mol. The number of benzene rings is 1. The second-order valence-corrected chi connectivity index (χ2v) is 8.06. The molecule has 3 rings (SSSR count). The molecule has 2 N–H and O–H groups in total. The lowest BCUT2D eigenvalue weighted by Crippen LogP contribution is -2.50. The Hall–Kier alpha value is -2.52. The number of morpholine rings is 1. The number of aliphatic imine (C=N–C) groups is 1. The number of methoxy groups -OCH3 is 2. The van der Waals surface area contributed by atoms with Crippen LogP contribution in [0, 0.1) is 5.92 Å². The number of piperidine rings is 1. The largest absolute Gasteiger partial charge is 0.497 e. The number of ether oxygens (including phenoxy) is 3. The van der Waals surface area contributed by atoms with Gasteiger partial charge in [0.1, 0.15) is 11.5 Å². The van der Waals surface area contributed by atoms with Crippen molar-refractivity contribution in [1.82, 2.24) is 15.1 Å². The van der Waals surface area contributed by atoms with E-state index in [0.717, 1.165) is 38.4 Å². The molecule has 2 saturated heterocycles. The Balaban J connectivity index is 1.59. The monoisotopic (exact) mass is 448 g/mol. The fourth-order valence-corrected chi connectivity index (χ4v) is 4.11. The van der Waals surface area contributed by atoms with Gasteiger partial charge in [0.05, 0.1) is 40.1 Å². The molecule has 0 spiro atoms. The van der Waals surface area contributed by atoms with Gasteiger partial charge in [0, 0.05) is 44.7 Å². The number of hydrogen-bond acceptors (Lipinski definition) is 6. The van der Waals surface area contributed by atoms with E-state index in [1.165, 1.54) is 0 Å². The standard InChI is InChI=1S/C23H36N4O5/c1-4-24-23(25-16-21(28)18-13-19(30-2)15-20(14-18)31-3)27-7-5-17(6-8-27)22(29)26-9-11-32-12-10-26/h13-15,17,21,28H,4-12,16H2,1-3H3,(H,24,25). The molecule has 0 saturated carbocycles. The van der Waals surface area contributed by atoms with Crippen LogP contribution in [-0.4, -0.2) is 93.5 Å². The highest BCUT2D eigenvalue weighted by Gasteiger charge is 2.30. The van der Waals surface area contributed by atoms with Gasteiger partial charge in [0.15, 0.2) is 5.96 Å². The molecule has 0 aliphatic carbocycles. The van der Waals surface area contributed by atoms with Crippen molar-refractivity contribution in [3.63, 3.8) is 0 Å². The Morgan fingerprint density at radius 1 is 1.12 bits per heavy atom. The predicted octanol–water partition coefficient (Wildman–Crippen LogP) is 1.27. The lowest BCUT2D eigenvalue weighted by Gasteiger charge is -2.36. The summed E-state index contributed by atoms with van der Waals surface area (Å²) in [7, 11) is 3.17. The summed E-state index contributed by atoms with van der Waals surface area (Å²) in [5.74, 6) is 2.32. The van der Waals surface area contributed by atoms with Crippen LogP contribution in [0.25, 0.3) is 0 Å². The van der Waals surface area contributed by atoms with Crippen molar-refractivity contribution in [3.05, 3.63) is 23.8 Å². The quantitative estimate of drug-likeness (QED) is 0.479. The highest BCUT2D eigenvalue weighted by molar-refractivity contribution is 5.82. The van der Waals surface area contributed by atoms with Crippen LogP contribution in [0.3, 0.4) is 0 Å². The lowest BCUT2D eigenvalue weighted by molar-refractivity contribution is -0.140. The maximum absolute atomic E-state index is 12.8. The number of rotatable bonds is 7. The van der Waals surface area contributed by atoms with Gasteiger partial charge in [-0.05, 0) is 37.5 Å². The Morgan fingerprint density at radius 3 is 2.31 bits per heavy atom. The number of carbonyl (C=O) groups excluding carboxylic acids is 1. The second-order valence-electron chi connectivity index (χ2n) is 8.06. The Labute approximate surface area is 190 Å². The minimum absolute atomic E-state index is 0.0575. The van der Waals surface area contributed by atoms with E-state index in [0.29, 0.717) is 43.4 Å². The maximum Gasteiger partial charge on any atom is 0.225 e. The molecule has 1 amide bonds. The van der Waals surface area contributed by atoms with Gasteiger partial charge in [-0.1, -0.05) is 0 Å². The van der Waals surface area contributed by atoms with E-state index in [4.69, 9.17) is 14.2 Å². The molecule has 1 aromatic carbocycles. The normalized spacial score (nSPS) is 18.9. The minimum atomic E-state index is -0.784. The van der Waals surface area contributed by atoms with E-state index < -0.39 is 6.10 Å². The molecule has 2 heterocycles. The highest BCUT2D eigenvalue weighted by atomic mass is 16.5. The SMILES string of the molecule is CCNC(=NCC(O)c1cc(OC)cc(OC)c1)N1CCC(C(=O)N2CCOCC2)CC1. The first kappa shape index (κ1) is 24.1. The number of nitrogens with zero attached hydrogens (tertiary/aromatic N) is 3. The molecule has 9 heteroatoms. The van der Waals surface area contributed by atoms with Gasteiger partial charge in [-0.15, -0.1) is 0 Å². The van der Waals surface area contributed by atoms with E-state index in [-0.39, 0.29) is 18.4 Å². The number of aliphatic hydroxyl groups excluding tert-OH is 1. The summed E-state index contributed by atoms with van der Waals surface area (Å²) in [4.78, 5) is 21.6. The molecule has 1 atom stereocenters. The van der Waals surface area contributed by atoms with Crippen molar-refractivity contribution in [3.8, 4) is 11.5 Å². The zero-order valence-corrected chi connectivity index (χ0v) is 19.4. The van der Waals surface area contributed by atoms with Gasteiger partial charge >= 0.3 is 0 Å². The Bertz CT molecular complexity index is 751. The van der Waals surface area contributed by atoms with Crippen LogP contribution in [0.15, 0.2) is 23.2 Å². The molecule has 2 fully saturated rings. The molecule has 178 valence electrons. The summed E-state index contributed by atoms with van der Waals surface area (Å²) in [5.41, 5.74) is 0.690. The number of likely N-dealkylation sites (tertiary alicyclic amines) is 1. The molecular weight excluding hydrogens is 412 g/mol.